The van der Waals surface area contributed by atoms with Crippen molar-refractivity contribution in [2.24, 2.45) is 0 Å². The number of alkyl halides is 1. The average molecular weight is 226 g/mol. The van der Waals surface area contributed by atoms with E-state index in [-0.39, 0.29) is 0 Å². The molecule has 0 aromatic carbocycles. The molecular formula is C5H9BFO6P. The standard InChI is InChI=1S/C5H9BFO6P/c6-5-3(7)4(8)2(13-5)1-12-14(9,10)11/h2-5,8H,1H2,(H2,9,10,11)/t2-,3-,4-,5-/m1/s1. The fourth-order valence-corrected chi connectivity index (χ4v) is 1.41. The summed E-state index contributed by atoms with van der Waals surface area (Å²) in [6.45, 7) is -0.612. The van der Waals surface area contributed by atoms with Crippen LogP contribution in [0.2, 0.25) is 0 Å². The second-order valence-corrected chi connectivity index (χ2v) is 4.10. The third-order valence-corrected chi connectivity index (χ3v) is 2.25. The lowest BCUT2D eigenvalue weighted by molar-refractivity contribution is -0.00575. The number of halogens is 1. The highest BCUT2D eigenvalue weighted by atomic mass is 31.2. The van der Waals surface area contributed by atoms with Gasteiger partial charge in [-0.15, -0.1) is 0 Å². The van der Waals surface area contributed by atoms with Crippen molar-refractivity contribution >= 4 is 15.7 Å². The molecule has 1 saturated heterocycles. The van der Waals surface area contributed by atoms with Crippen LogP contribution in [0, 0.1) is 0 Å². The number of hydrogen-bond acceptors (Lipinski definition) is 4. The molecule has 0 aliphatic carbocycles. The van der Waals surface area contributed by atoms with Crippen molar-refractivity contribution in [1.29, 1.82) is 0 Å². The third kappa shape index (κ3) is 3.01. The van der Waals surface area contributed by atoms with Gasteiger partial charge in [-0.05, 0) is 0 Å². The lowest BCUT2D eigenvalue weighted by Gasteiger charge is -2.14. The number of aliphatic hydroxyl groups excluding tert-OH is 1. The smallest absolute Gasteiger partial charge is 0.387 e. The molecule has 9 heteroatoms. The number of ether oxygens (including phenoxy) is 1. The van der Waals surface area contributed by atoms with E-state index in [1.165, 1.54) is 0 Å². The van der Waals surface area contributed by atoms with Gasteiger partial charge in [-0.25, -0.2) is 8.96 Å². The van der Waals surface area contributed by atoms with Crippen LogP contribution < -0.4 is 0 Å². The Morgan fingerprint density at radius 3 is 2.50 bits per heavy atom. The average Bonchev–Trinajstić information content (AvgIpc) is 2.28. The van der Waals surface area contributed by atoms with Crippen molar-refractivity contribution in [2.75, 3.05) is 6.61 Å². The number of hydrogen-bond donors (Lipinski definition) is 3. The second kappa shape index (κ2) is 4.26. The molecule has 0 spiro atoms. The van der Waals surface area contributed by atoms with Gasteiger partial charge in [0.2, 0.25) is 0 Å². The molecule has 1 rings (SSSR count). The summed E-state index contributed by atoms with van der Waals surface area (Å²) in [7, 11) is 0.453. The Hall–Kier alpha value is 0.0249. The zero-order valence-corrected chi connectivity index (χ0v) is 7.88. The van der Waals surface area contributed by atoms with Crippen molar-refractivity contribution in [2.45, 2.75) is 24.4 Å². The van der Waals surface area contributed by atoms with E-state index in [4.69, 9.17) is 22.7 Å². The summed E-state index contributed by atoms with van der Waals surface area (Å²) in [4.78, 5) is 16.6. The molecule has 1 aliphatic rings. The zero-order chi connectivity index (χ0) is 10.9. The maximum absolute atomic E-state index is 12.8. The number of phosphoric ester groups is 1. The van der Waals surface area contributed by atoms with Gasteiger partial charge in [0.1, 0.15) is 26.2 Å². The first-order valence-corrected chi connectivity index (χ1v) is 5.27. The predicted octanol–water partition coefficient (Wildman–Crippen LogP) is -1.31. The normalized spacial score (nSPS) is 38.9. The van der Waals surface area contributed by atoms with Gasteiger partial charge in [0.15, 0.2) is 0 Å². The Morgan fingerprint density at radius 2 is 2.14 bits per heavy atom. The highest BCUT2D eigenvalue weighted by Crippen LogP contribution is 2.37. The Labute approximate surface area is 80.7 Å². The quantitative estimate of drug-likeness (QED) is 0.408. The first-order chi connectivity index (χ1) is 6.31. The van der Waals surface area contributed by atoms with E-state index in [9.17, 15) is 8.96 Å². The van der Waals surface area contributed by atoms with Crippen LogP contribution in [0.5, 0.6) is 0 Å². The summed E-state index contributed by atoms with van der Waals surface area (Å²) in [5.41, 5.74) is 0. The van der Waals surface area contributed by atoms with Gasteiger partial charge in [-0.1, -0.05) is 0 Å². The van der Waals surface area contributed by atoms with Crippen molar-refractivity contribution in [3.05, 3.63) is 0 Å². The molecule has 1 aliphatic heterocycles. The summed E-state index contributed by atoms with van der Waals surface area (Å²) < 4.78 is 31.8. The predicted molar refractivity (Wildman–Crippen MR) is 43.3 cm³/mol. The Kier molecular flexibility index (Phi) is 3.68. The largest absolute Gasteiger partial charge is 0.469 e. The molecule has 1 heterocycles. The summed E-state index contributed by atoms with van der Waals surface area (Å²) in [6.07, 6.45) is -4.47. The van der Waals surface area contributed by atoms with Crippen LogP contribution in [0.1, 0.15) is 0 Å². The van der Waals surface area contributed by atoms with Gasteiger partial charge in [-0.2, -0.15) is 0 Å². The molecule has 0 amide bonds. The highest BCUT2D eigenvalue weighted by Gasteiger charge is 2.42. The zero-order valence-electron chi connectivity index (χ0n) is 6.99. The first kappa shape index (κ1) is 12.1. The molecule has 0 unspecified atom stereocenters. The van der Waals surface area contributed by atoms with Crippen LogP contribution in [0.3, 0.4) is 0 Å². The molecule has 1 fully saturated rings. The fourth-order valence-electron chi connectivity index (χ4n) is 1.07. The van der Waals surface area contributed by atoms with E-state index in [1.54, 1.807) is 0 Å². The maximum Gasteiger partial charge on any atom is 0.469 e. The molecule has 6 nitrogen and oxygen atoms in total. The van der Waals surface area contributed by atoms with Gasteiger partial charge in [0.25, 0.3) is 0 Å². The van der Waals surface area contributed by atoms with Gasteiger partial charge >= 0.3 is 7.82 Å². The molecule has 80 valence electrons. The minimum atomic E-state index is -4.64. The van der Waals surface area contributed by atoms with Gasteiger partial charge < -0.3 is 19.6 Å². The van der Waals surface area contributed by atoms with E-state index >= 15 is 0 Å². The number of phosphoric acid groups is 1. The molecule has 3 N–H and O–H groups in total. The lowest BCUT2D eigenvalue weighted by atomic mass is 9.94. The van der Waals surface area contributed by atoms with Gasteiger partial charge in [-0.3, -0.25) is 4.52 Å². The minimum absolute atomic E-state index is 0.612. The Morgan fingerprint density at radius 1 is 1.57 bits per heavy atom. The SMILES string of the molecule is [B][C@@H]1O[C@H](COP(=O)(O)O)[C@@H](O)[C@H]1F. The molecular weight excluding hydrogens is 217 g/mol. The van der Waals surface area contributed by atoms with Crippen molar-refractivity contribution in [3.8, 4) is 0 Å². The molecule has 0 aromatic heterocycles. The van der Waals surface area contributed by atoms with Gasteiger partial charge in [0, 0.05) is 0 Å². The van der Waals surface area contributed by atoms with E-state index in [0.29, 0.717) is 0 Å². The highest BCUT2D eigenvalue weighted by molar-refractivity contribution is 7.46. The fraction of sp³-hybridized carbons (Fsp3) is 1.00. The van der Waals surface area contributed by atoms with E-state index in [1.807, 2.05) is 0 Å². The summed E-state index contributed by atoms with van der Waals surface area (Å²) in [6, 6.07) is -1.30. The number of aliphatic hydroxyl groups is 1. The van der Waals surface area contributed by atoms with E-state index in [2.05, 4.69) is 9.26 Å². The Balaban J connectivity index is 2.44. The molecule has 4 atom stereocenters. The summed E-state index contributed by atoms with van der Waals surface area (Å²) >= 11 is 0. The monoisotopic (exact) mass is 226 g/mol. The van der Waals surface area contributed by atoms with Crippen LogP contribution in [0.25, 0.3) is 0 Å². The van der Waals surface area contributed by atoms with Crippen molar-refractivity contribution in [1.82, 2.24) is 0 Å². The number of rotatable bonds is 3. The van der Waals surface area contributed by atoms with Crippen molar-refractivity contribution in [3.63, 3.8) is 0 Å². The van der Waals surface area contributed by atoms with Crippen LogP contribution in [-0.4, -0.2) is 53.7 Å². The maximum atomic E-state index is 12.8. The molecule has 2 radical (unpaired) electrons. The van der Waals surface area contributed by atoms with Crippen molar-refractivity contribution < 1.29 is 33.1 Å². The van der Waals surface area contributed by atoms with E-state index < -0.39 is 38.8 Å². The van der Waals surface area contributed by atoms with E-state index in [0.717, 1.165) is 0 Å². The summed E-state index contributed by atoms with van der Waals surface area (Å²) in [5.74, 6) is 0. The molecule has 0 aromatic rings. The van der Waals surface area contributed by atoms with Crippen LogP contribution in [0.15, 0.2) is 0 Å². The minimum Gasteiger partial charge on any atom is -0.387 e. The van der Waals surface area contributed by atoms with Crippen LogP contribution in [-0.2, 0) is 13.8 Å². The third-order valence-electron chi connectivity index (χ3n) is 1.76. The summed E-state index contributed by atoms with van der Waals surface area (Å²) in [5, 5.41) is 9.11. The van der Waals surface area contributed by atoms with Gasteiger partial charge in [0.05, 0.1) is 12.6 Å². The second-order valence-electron chi connectivity index (χ2n) is 2.86. The topological polar surface area (TPSA) is 96.2 Å². The molecule has 0 bridgehead atoms. The first-order valence-electron chi connectivity index (χ1n) is 3.74. The van der Waals surface area contributed by atoms with Crippen LogP contribution >= 0.6 is 7.82 Å². The van der Waals surface area contributed by atoms with Crippen LogP contribution in [0.4, 0.5) is 4.39 Å². The lowest BCUT2D eigenvalue weighted by Crippen LogP contribution is -2.31. The molecule has 0 saturated carbocycles. The Bertz CT molecular complexity index is 246. The molecule has 14 heavy (non-hydrogen) atoms.